The van der Waals surface area contributed by atoms with Crippen LogP contribution in [0.15, 0.2) is 36.4 Å². The van der Waals surface area contributed by atoms with Crippen molar-refractivity contribution in [3.05, 3.63) is 47.8 Å². The molecule has 142 valence electrons. The molecule has 0 saturated carbocycles. The zero-order valence-corrected chi connectivity index (χ0v) is 15.9. The summed E-state index contributed by atoms with van der Waals surface area (Å²) in [6.07, 6.45) is 0. The molecule has 0 N–H and O–H groups in total. The molecule has 0 amide bonds. The third-order valence-electron chi connectivity index (χ3n) is 5.34. The molecule has 2 aromatic carbocycles. The van der Waals surface area contributed by atoms with Gasteiger partial charge in [-0.1, -0.05) is 12.1 Å². The largest absolute Gasteiger partial charge is 0.494 e. The highest BCUT2D eigenvalue weighted by molar-refractivity contribution is 6.62. The summed E-state index contributed by atoms with van der Waals surface area (Å²) < 4.78 is 42.8. The van der Waals surface area contributed by atoms with Gasteiger partial charge in [0.1, 0.15) is 18.2 Å². The predicted molar refractivity (Wildman–Crippen MR) is 99.0 cm³/mol. The number of hydrogen-bond acceptors (Lipinski definition) is 5. The molecule has 1 saturated heterocycles. The Kier molecular flexibility index (Phi) is 4.31. The van der Waals surface area contributed by atoms with Gasteiger partial charge in [0.05, 0.1) is 11.2 Å². The van der Waals surface area contributed by atoms with E-state index in [1.165, 1.54) is 6.07 Å². The predicted octanol–water partition coefficient (Wildman–Crippen LogP) is 3.43. The second-order valence-electron chi connectivity index (χ2n) is 7.74. The third-order valence-corrected chi connectivity index (χ3v) is 5.34. The Balaban J connectivity index is 1.45. The smallest absolute Gasteiger partial charge is 0.489 e. The molecule has 0 aliphatic carbocycles. The van der Waals surface area contributed by atoms with Crippen LogP contribution in [0.25, 0.3) is 0 Å². The average Bonchev–Trinajstić information content (AvgIpc) is 3.15. The standard InChI is InChI=1S/C20H22BFO5/c1-19(2)20(3,4)27-21(26-19)14-6-5-13(16(22)9-14)11-23-15-7-8-17-18(10-15)25-12-24-17/h5-10H,11-12H2,1-4H3. The summed E-state index contributed by atoms with van der Waals surface area (Å²) in [5.41, 5.74) is 0.177. The molecule has 0 unspecified atom stereocenters. The normalized spacial score (nSPS) is 19.4. The van der Waals surface area contributed by atoms with Crippen molar-refractivity contribution in [2.45, 2.75) is 45.5 Å². The van der Waals surface area contributed by atoms with Gasteiger partial charge in [0, 0.05) is 11.6 Å². The van der Waals surface area contributed by atoms with Crippen LogP contribution in [0, 0.1) is 5.82 Å². The first-order chi connectivity index (χ1) is 12.7. The molecular weight excluding hydrogens is 350 g/mol. The number of benzene rings is 2. The van der Waals surface area contributed by atoms with E-state index in [9.17, 15) is 4.39 Å². The van der Waals surface area contributed by atoms with Crippen molar-refractivity contribution in [2.75, 3.05) is 6.79 Å². The van der Waals surface area contributed by atoms with Crippen molar-refractivity contribution in [3.8, 4) is 17.2 Å². The summed E-state index contributed by atoms with van der Waals surface area (Å²) in [4.78, 5) is 0. The number of ether oxygens (including phenoxy) is 3. The molecule has 27 heavy (non-hydrogen) atoms. The summed E-state index contributed by atoms with van der Waals surface area (Å²) in [7, 11) is -0.590. The summed E-state index contributed by atoms with van der Waals surface area (Å²) in [5, 5.41) is 0. The Morgan fingerprint density at radius 3 is 2.37 bits per heavy atom. The van der Waals surface area contributed by atoms with E-state index in [1.54, 1.807) is 24.3 Å². The van der Waals surface area contributed by atoms with Gasteiger partial charge in [-0.15, -0.1) is 0 Å². The lowest BCUT2D eigenvalue weighted by Crippen LogP contribution is -2.41. The Hall–Kier alpha value is -2.25. The van der Waals surface area contributed by atoms with E-state index in [4.69, 9.17) is 23.5 Å². The fraction of sp³-hybridized carbons (Fsp3) is 0.400. The number of hydrogen-bond donors (Lipinski definition) is 0. The molecule has 2 aliphatic heterocycles. The van der Waals surface area contributed by atoms with Crippen LogP contribution in [0.3, 0.4) is 0 Å². The van der Waals surface area contributed by atoms with Crippen molar-refractivity contribution in [2.24, 2.45) is 0 Å². The van der Waals surface area contributed by atoms with E-state index in [1.807, 2.05) is 33.8 Å². The Labute approximate surface area is 158 Å². The lowest BCUT2D eigenvalue weighted by Gasteiger charge is -2.32. The molecule has 2 aliphatic rings. The first-order valence-electron chi connectivity index (χ1n) is 8.92. The molecule has 1 fully saturated rings. The Morgan fingerprint density at radius 2 is 1.67 bits per heavy atom. The van der Waals surface area contributed by atoms with Gasteiger partial charge in [0.15, 0.2) is 11.5 Å². The molecule has 2 aromatic rings. The maximum atomic E-state index is 14.6. The highest BCUT2D eigenvalue weighted by Gasteiger charge is 2.51. The van der Waals surface area contributed by atoms with Crippen LogP contribution < -0.4 is 19.7 Å². The van der Waals surface area contributed by atoms with Crippen molar-refractivity contribution in [1.82, 2.24) is 0 Å². The Morgan fingerprint density at radius 1 is 0.963 bits per heavy atom. The fourth-order valence-corrected chi connectivity index (χ4v) is 2.93. The van der Waals surface area contributed by atoms with Crippen molar-refractivity contribution in [3.63, 3.8) is 0 Å². The van der Waals surface area contributed by atoms with Gasteiger partial charge in [0.25, 0.3) is 0 Å². The van der Waals surface area contributed by atoms with Crippen molar-refractivity contribution in [1.29, 1.82) is 0 Å². The summed E-state index contributed by atoms with van der Waals surface area (Å²) in [5.74, 6) is 1.54. The minimum absolute atomic E-state index is 0.106. The van der Waals surface area contributed by atoms with Gasteiger partial charge in [-0.2, -0.15) is 0 Å². The zero-order valence-electron chi connectivity index (χ0n) is 15.9. The summed E-state index contributed by atoms with van der Waals surface area (Å²) in [6.45, 7) is 8.19. The number of rotatable bonds is 4. The van der Waals surface area contributed by atoms with Crippen LogP contribution in [-0.2, 0) is 15.9 Å². The molecule has 7 heteroatoms. The zero-order chi connectivity index (χ0) is 19.2. The van der Waals surface area contributed by atoms with Gasteiger partial charge in [0.2, 0.25) is 6.79 Å². The molecule has 5 nitrogen and oxygen atoms in total. The minimum atomic E-state index is -0.590. The van der Waals surface area contributed by atoms with Crippen LogP contribution in [0.1, 0.15) is 33.3 Å². The maximum Gasteiger partial charge on any atom is 0.494 e. The van der Waals surface area contributed by atoms with Crippen LogP contribution in [0.5, 0.6) is 17.2 Å². The second-order valence-corrected chi connectivity index (χ2v) is 7.74. The molecule has 0 atom stereocenters. The van der Waals surface area contributed by atoms with Gasteiger partial charge in [-0.25, -0.2) is 4.39 Å². The first kappa shape index (κ1) is 18.1. The summed E-state index contributed by atoms with van der Waals surface area (Å²) >= 11 is 0. The minimum Gasteiger partial charge on any atom is -0.489 e. The van der Waals surface area contributed by atoms with Gasteiger partial charge < -0.3 is 23.5 Å². The fourth-order valence-electron chi connectivity index (χ4n) is 2.93. The highest BCUT2D eigenvalue weighted by Crippen LogP contribution is 2.37. The topological polar surface area (TPSA) is 46.2 Å². The summed E-state index contributed by atoms with van der Waals surface area (Å²) in [6, 6.07) is 10.2. The SMILES string of the molecule is CC1(C)OB(c2ccc(COc3ccc4c(c3)OCO4)c(F)c2)OC1(C)C. The lowest BCUT2D eigenvalue weighted by atomic mass is 9.79. The van der Waals surface area contributed by atoms with E-state index < -0.39 is 18.3 Å². The molecule has 2 heterocycles. The van der Waals surface area contributed by atoms with Crippen LogP contribution in [-0.4, -0.2) is 25.1 Å². The third kappa shape index (κ3) is 3.37. The van der Waals surface area contributed by atoms with Crippen LogP contribution in [0.4, 0.5) is 4.39 Å². The maximum absolute atomic E-state index is 14.6. The lowest BCUT2D eigenvalue weighted by molar-refractivity contribution is 0.00578. The first-order valence-corrected chi connectivity index (χ1v) is 8.92. The van der Waals surface area contributed by atoms with Gasteiger partial charge >= 0.3 is 7.12 Å². The molecule has 0 bridgehead atoms. The molecule has 0 radical (unpaired) electrons. The molecular formula is C20H22BFO5. The Bertz CT molecular complexity index is 851. The quantitative estimate of drug-likeness (QED) is 0.770. The van der Waals surface area contributed by atoms with E-state index in [0.29, 0.717) is 28.3 Å². The van der Waals surface area contributed by atoms with Crippen LogP contribution >= 0.6 is 0 Å². The second kappa shape index (κ2) is 6.42. The molecule has 0 spiro atoms. The average molecular weight is 372 g/mol. The highest BCUT2D eigenvalue weighted by atomic mass is 19.1. The number of halogens is 1. The van der Waals surface area contributed by atoms with E-state index in [2.05, 4.69) is 0 Å². The molecule has 0 aromatic heterocycles. The van der Waals surface area contributed by atoms with E-state index in [0.717, 1.165) is 0 Å². The monoisotopic (exact) mass is 372 g/mol. The number of fused-ring (bicyclic) bond motifs is 1. The van der Waals surface area contributed by atoms with Gasteiger partial charge in [-0.05, 0) is 51.4 Å². The van der Waals surface area contributed by atoms with E-state index >= 15 is 0 Å². The van der Waals surface area contributed by atoms with Crippen molar-refractivity contribution < 1.29 is 27.9 Å². The van der Waals surface area contributed by atoms with E-state index in [-0.39, 0.29) is 19.2 Å². The van der Waals surface area contributed by atoms with Crippen LogP contribution in [0.2, 0.25) is 0 Å². The molecule has 4 rings (SSSR count). The van der Waals surface area contributed by atoms with Gasteiger partial charge in [-0.3, -0.25) is 0 Å². The van der Waals surface area contributed by atoms with Crippen molar-refractivity contribution >= 4 is 12.6 Å².